The highest BCUT2D eigenvalue weighted by atomic mass is 15.2. The summed E-state index contributed by atoms with van der Waals surface area (Å²) in [7, 11) is 0. The molecule has 1 saturated heterocycles. The molecule has 3 aromatic heterocycles. The summed E-state index contributed by atoms with van der Waals surface area (Å²) in [5.41, 5.74) is 7.01. The molecule has 29 heavy (non-hydrogen) atoms. The average Bonchev–Trinajstić information content (AvgIpc) is 3.14. The summed E-state index contributed by atoms with van der Waals surface area (Å²) in [5, 5.41) is 15.0. The molecule has 4 aromatic rings. The van der Waals surface area contributed by atoms with Crippen LogP contribution >= 0.6 is 0 Å². The summed E-state index contributed by atoms with van der Waals surface area (Å²) in [5.74, 6) is 0.519. The third kappa shape index (κ3) is 3.38. The molecule has 1 aliphatic rings. The summed E-state index contributed by atoms with van der Waals surface area (Å²) in [4.78, 5) is 7.04. The van der Waals surface area contributed by atoms with Gasteiger partial charge in [0.25, 0.3) is 0 Å². The highest BCUT2D eigenvalue weighted by molar-refractivity contribution is 5.83. The summed E-state index contributed by atoms with van der Waals surface area (Å²) in [6, 6.07) is 10.7. The van der Waals surface area contributed by atoms with E-state index in [9.17, 15) is 0 Å². The maximum absolute atomic E-state index is 4.74. The van der Waals surface area contributed by atoms with Gasteiger partial charge in [0.2, 0.25) is 0 Å². The van der Waals surface area contributed by atoms with Gasteiger partial charge in [-0.25, -0.2) is 9.50 Å². The molecule has 1 fully saturated rings. The molecule has 0 amide bonds. The molecule has 0 radical (unpaired) electrons. The minimum absolute atomic E-state index is 0.519. The molecule has 0 unspecified atom stereocenters. The van der Waals surface area contributed by atoms with E-state index >= 15 is 0 Å². The topological polar surface area (TPSA) is 59.2 Å². The van der Waals surface area contributed by atoms with Crippen LogP contribution in [-0.4, -0.2) is 49.3 Å². The zero-order chi connectivity index (χ0) is 20.0. The lowest BCUT2D eigenvalue weighted by Gasteiger charge is -2.30. The second kappa shape index (κ2) is 7.19. The van der Waals surface area contributed by atoms with Gasteiger partial charge in [-0.3, -0.25) is 0 Å². The Hall–Kier alpha value is -2.86. The Morgan fingerprint density at radius 2 is 1.86 bits per heavy atom. The van der Waals surface area contributed by atoms with E-state index in [-0.39, 0.29) is 0 Å². The smallest absolute Gasteiger partial charge is 0.156 e. The van der Waals surface area contributed by atoms with E-state index in [1.807, 2.05) is 17.6 Å². The number of hydrogen-bond donors (Lipinski definition) is 0. The minimum atomic E-state index is 0.519. The van der Waals surface area contributed by atoms with Gasteiger partial charge in [0.1, 0.15) is 0 Å². The fraction of sp³-hybridized carbons (Fsp3) is 0.391. The van der Waals surface area contributed by atoms with Gasteiger partial charge >= 0.3 is 0 Å². The first-order valence-electron chi connectivity index (χ1n) is 10.4. The minimum Gasteiger partial charge on any atom is -0.304 e. The van der Waals surface area contributed by atoms with Crippen molar-refractivity contribution < 1.29 is 0 Å². The van der Waals surface area contributed by atoms with Crippen molar-refractivity contribution in [3.05, 3.63) is 53.5 Å². The highest BCUT2D eigenvalue weighted by Crippen LogP contribution is 2.29. The second-order valence-corrected chi connectivity index (χ2v) is 8.11. The van der Waals surface area contributed by atoms with Gasteiger partial charge in [-0.1, -0.05) is 19.1 Å². The summed E-state index contributed by atoms with van der Waals surface area (Å²) >= 11 is 0. The number of nitrogens with zero attached hydrogens (tertiary/aromatic N) is 6. The lowest BCUT2D eigenvalue weighted by atomic mass is 9.92. The number of benzene rings is 1. The predicted molar refractivity (Wildman–Crippen MR) is 115 cm³/mol. The number of aromatic nitrogens is 5. The fourth-order valence-electron chi connectivity index (χ4n) is 4.34. The number of aryl methyl sites for hydroxylation is 2. The SMILES string of the molecule is CCN1CCC(c2cc3ccc(-c4cc(C)c5nc(C)cn5n4)cc3nn2)CC1. The lowest BCUT2D eigenvalue weighted by molar-refractivity contribution is 0.220. The maximum atomic E-state index is 4.74. The van der Waals surface area contributed by atoms with Gasteiger partial charge in [0.05, 0.1) is 28.8 Å². The molecule has 0 aliphatic carbocycles. The Kier molecular flexibility index (Phi) is 4.51. The van der Waals surface area contributed by atoms with Crippen LogP contribution in [0.15, 0.2) is 36.5 Å². The Morgan fingerprint density at radius 3 is 2.66 bits per heavy atom. The Labute approximate surface area is 170 Å². The van der Waals surface area contributed by atoms with Crippen molar-refractivity contribution in [1.82, 2.24) is 29.7 Å². The molecule has 0 bridgehead atoms. The van der Waals surface area contributed by atoms with Gasteiger partial charge in [-0.05, 0) is 70.1 Å². The molecule has 6 nitrogen and oxygen atoms in total. The van der Waals surface area contributed by atoms with Gasteiger partial charge in [0, 0.05) is 16.9 Å². The summed E-state index contributed by atoms with van der Waals surface area (Å²) in [6.07, 6.45) is 4.29. The van der Waals surface area contributed by atoms with Crippen molar-refractivity contribution >= 4 is 16.6 Å². The van der Waals surface area contributed by atoms with Crippen molar-refractivity contribution in [2.24, 2.45) is 0 Å². The van der Waals surface area contributed by atoms with Gasteiger partial charge in [-0.2, -0.15) is 15.3 Å². The van der Waals surface area contributed by atoms with Crippen LogP contribution < -0.4 is 0 Å². The number of fused-ring (bicyclic) bond motifs is 2. The van der Waals surface area contributed by atoms with E-state index in [2.05, 4.69) is 64.3 Å². The number of hydrogen-bond acceptors (Lipinski definition) is 5. The fourth-order valence-corrected chi connectivity index (χ4v) is 4.34. The van der Waals surface area contributed by atoms with Crippen LogP contribution in [0.5, 0.6) is 0 Å². The van der Waals surface area contributed by atoms with Crippen LogP contribution in [0.25, 0.3) is 27.8 Å². The molecule has 0 spiro atoms. The summed E-state index contributed by atoms with van der Waals surface area (Å²) in [6.45, 7) is 9.74. The molecule has 6 heteroatoms. The van der Waals surface area contributed by atoms with Crippen LogP contribution in [-0.2, 0) is 0 Å². The first kappa shape index (κ1) is 18.2. The molecular formula is C23H26N6. The number of rotatable bonds is 3. The Bertz CT molecular complexity index is 1190. The molecule has 0 N–H and O–H groups in total. The Balaban J connectivity index is 1.47. The quantitative estimate of drug-likeness (QED) is 0.529. The zero-order valence-corrected chi connectivity index (χ0v) is 17.3. The van der Waals surface area contributed by atoms with E-state index in [1.165, 1.54) is 12.8 Å². The lowest BCUT2D eigenvalue weighted by Crippen LogP contribution is -2.32. The highest BCUT2D eigenvalue weighted by Gasteiger charge is 2.21. The van der Waals surface area contributed by atoms with E-state index in [0.717, 1.165) is 64.4 Å². The van der Waals surface area contributed by atoms with E-state index < -0.39 is 0 Å². The van der Waals surface area contributed by atoms with E-state index in [4.69, 9.17) is 5.10 Å². The Morgan fingerprint density at radius 1 is 1.03 bits per heavy atom. The third-order valence-corrected chi connectivity index (χ3v) is 6.09. The molecule has 1 aliphatic heterocycles. The zero-order valence-electron chi connectivity index (χ0n) is 17.3. The van der Waals surface area contributed by atoms with Gasteiger partial charge in [-0.15, -0.1) is 0 Å². The van der Waals surface area contributed by atoms with E-state index in [1.54, 1.807) is 0 Å². The van der Waals surface area contributed by atoms with Crippen molar-refractivity contribution in [2.75, 3.05) is 19.6 Å². The van der Waals surface area contributed by atoms with Gasteiger partial charge < -0.3 is 4.90 Å². The van der Waals surface area contributed by atoms with Crippen molar-refractivity contribution in [3.8, 4) is 11.3 Å². The van der Waals surface area contributed by atoms with Crippen molar-refractivity contribution in [2.45, 2.75) is 39.5 Å². The van der Waals surface area contributed by atoms with Crippen LogP contribution in [0.2, 0.25) is 0 Å². The van der Waals surface area contributed by atoms with Crippen LogP contribution in [0, 0.1) is 13.8 Å². The second-order valence-electron chi connectivity index (χ2n) is 8.11. The third-order valence-electron chi connectivity index (χ3n) is 6.09. The standard InChI is InChI=1S/C23H26N6/c1-4-28-9-7-17(8-10-28)20-12-18-5-6-19(13-21(18)26-25-20)22-11-15(2)23-24-16(3)14-29(23)27-22/h5-6,11-14,17H,4,7-10H2,1-3H3. The van der Waals surface area contributed by atoms with Crippen molar-refractivity contribution in [3.63, 3.8) is 0 Å². The molecule has 1 aromatic carbocycles. The largest absolute Gasteiger partial charge is 0.304 e. The number of imidazole rings is 1. The van der Waals surface area contributed by atoms with Crippen LogP contribution in [0.4, 0.5) is 0 Å². The van der Waals surface area contributed by atoms with Crippen LogP contribution in [0.1, 0.15) is 42.6 Å². The van der Waals surface area contributed by atoms with Crippen molar-refractivity contribution in [1.29, 1.82) is 0 Å². The predicted octanol–water partition coefficient (Wildman–Crippen LogP) is 4.16. The maximum Gasteiger partial charge on any atom is 0.156 e. The normalized spacial score (nSPS) is 16.1. The monoisotopic (exact) mass is 386 g/mol. The molecular weight excluding hydrogens is 360 g/mol. The molecule has 0 atom stereocenters. The first-order chi connectivity index (χ1) is 14.1. The molecule has 0 saturated carbocycles. The molecule has 5 rings (SSSR count). The molecule has 4 heterocycles. The van der Waals surface area contributed by atoms with E-state index in [0.29, 0.717) is 5.92 Å². The van der Waals surface area contributed by atoms with Gasteiger partial charge in [0.15, 0.2) is 5.65 Å². The average molecular weight is 387 g/mol. The van der Waals surface area contributed by atoms with Crippen LogP contribution in [0.3, 0.4) is 0 Å². The first-order valence-corrected chi connectivity index (χ1v) is 10.4. The molecule has 148 valence electrons. The summed E-state index contributed by atoms with van der Waals surface area (Å²) < 4.78 is 1.86. The number of piperidine rings is 1. The number of likely N-dealkylation sites (tertiary alicyclic amines) is 1.